The van der Waals surface area contributed by atoms with Crippen molar-refractivity contribution in [3.8, 4) is 29.1 Å². The molecule has 1 saturated carbocycles. The number of hydrogen-bond acceptors (Lipinski definition) is 9. The van der Waals surface area contributed by atoms with Gasteiger partial charge in [0, 0.05) is 41.4 Å². The van der Waals surface area contributed by atoms with E-state index < -0.39 is 0 Å². The van der Waals surface area contributed by atoms with Gasteiger partial charge in [0.15, 0.2) is 5.65 Å². The minimum atomic E-state index is -0.384. The number of nitrogens with zero attached hydrogens (tertiary/aromatic N) is 6. The van der Waals surface area contributed by atoms with E-state index in [4.69, 9.17) is 9.47 Å². The van der Waals surface area contributed by atoms with E-state index in [0.29, 0.717) is 53.1 Å². The van der Waals surface area contributed by atoms with Gasteiger partial charge in [0.1, 0.15) is 42.3 Å². The molecule has 0 bridgehead atoms. The zero-order valence-electron chi connectivity index (χ0n) is 24.5. The number of aryl methyl sites for hydroxylation is 1. The summed E-state index contributed by atoms with van der Waals surface area (Å²) in [6.45, 7) is 5.20. The summed E-state index contributed by atoms with van der Waals surface area (Å²) in [5.41, 5.74) is 3.58. The lowest BCUT2D eigenvalue weighted by Gasteiger charge is -2.16. The van der Waals surface area contributed by atoms with Gasteiger partial charge < -0.3 is 25.0 Å². The molecule has 0 atom stereocenters. The van der Waals surface area contributed by atoms with Crippen LogP contribution in [0, 0.1) is 24.2 Å². The number of ether oxygens (including phenoxy) is 2. The fraction of sp³-hybridized carbons (Fsp3) is 0.281. The van der Waals surface area contributed by atoms with Gasteiger partial charge >= 0.3 is 0 Å². The first-order valence-corrected chi connectivity index (χ1v) is 14.0. The van der Waals surface area contributed by atoms with Gasteiger partial charge in [-0.05, 0) is 82.6 Å². The third-order valence-electron chi connectivity index (χ3n) is 7.18. The van der Waals surface area contributed by atoms with Crippen LogP contribution >= 0.6 is 0 Å². The Morgan fingerprint density at radius 3 is 2.72 bits per heavy atom. The molecule has 0 saturated heterocycles. The van der Waals surface area contributed by atoms with Crippen molar-refractivity contribution in [3.05, 3.63) is 66.9 Å². The molecule has 1 aliphatic rings. The predicted molar refractivity (Wildman–Crippen MR) is 165 cm³/mol. The van der Waals surface area contributed by atoms with Crippen LogP contribution in [0.2, 0.25) is 0 Å². The quantitative estimate of drug-likeness (QED) is 0.228. The standard InChI is InChI=1S/C32H32N8O3/c1-21-15-22(5-6-27(21)43-23-8-12-40-29(16-23)34-20-36-40)37-31-24-17-26(38-30(41)7-9-32(2)10-11-32)28(42-14-13-39(3)4)18-25(24)33-19-35-31/h5-6,8,12,15-20H,10-11,13-14H2,1-4H3,(H,38,41)(H,33,35,37). The van der Waals surface area contributed by atoms with Crippen LogP contribution in [-0.4, -0.2) is 62.6 Å². The molecule has 5 aromatic rings. The number of aromatic nitrogens is 5. The maximum atomic E-state index is 12.8. The monoisotopic (exact) mass is 576 g/mol. The van der Waals surface area contributed by atoms with E-state index in [1.807, 2.05) is 68.4 Å². The molecule has 3 aromatic heterocycles. The molecule has 2 N–H and O–H groups in total. The fourth-order valence-electron chi connectivity index (χ4n) is 4.38. The van der Waals surface area contributed by atoms with Crippen molar-refractivity contribution in [1.82, 2.24) is 29.5 Å². The molecule has 43 heavy (non-hydrogen) atoms. The number of anilines is 3. The van der Waals surface area contributed by atoms with Crippen LogP contribution in [-0.2, 0) is 4.79 Å². The predicted octanol–water partition coefficient (Wildman–Crippen LogP) is 5.20. The first kappa shape index (κ1) is 27.9. The van der Waals surface area contributed by atoms with Crippen LogP contribution in [0.15, 0.2) is 61.3 Å². The number of benzene rings is 2. The first-order chi connectivity index (χ1) is 20.7. The van der Waals surface area contributed by atoms with E-state index in [1.54, 1.807) is 10.7 Å². The lowest BCUT2D eigenvalue weighted by molar-refractivity contribution is -0.111. The topological polar surface area (TPSA) is 119 Å². The van der Waals surface area contributed by atoms with E-state index >= 15 is 0 Å². The third kappa shape index (κ3) is 6.66. The van der Waals surface area contributed by atoms with Gasteiger partial charge in [-0.1, -0.05) is 5.92 Å². The van der Waals surface area contributed by atoms with Crippen LogP contribution in [0.1, 0.15) is 25.3 Å². The van der Waals surface area contributed by atoms with E-state index in [9.17, 15) is 4.79 Å². The Labute approximate surface area is 249 Å². The van der Waals surface area contributed by atoms with E-state index in [0.717, 1.165) is 29.5 Å². The molecule has 1 fully saturated rings. The Bertz CT molecular complexity index is 1880. The summed E-state index contributed by atoms with van der Waals surface area (Å²) in [5.74, 6) is 7.93. The Hall–Kier alpha value is -5.21. The van der Waals surface area contributed by atoms with Crippen molar-refractivity contribution in [1.29, 1.82) is 0 Å². The molecule has 218 valence electrons. The van der Waals surface area contributed by atoms with Gasteiger partial charge in [-0.2, -0.15) is 5.10 Å². The fourth-order valence-corrected chi connectivity index (χ4v) is 4.38. The van der Waals surface area contributed by atoms with Gasteiger partial charge in [0.25, 0.3) is 5.91 Å². The second-order valence-corrected chi connectivity index (χ2v) is 11.1. The van der Waals surface area contributed by atoms with Crippen LogP contribution < -0.4 is 20.1 Å². The zero-order chi connectivity index (χ0) is 30.0. The van der Waals surface area contributed by atoms with Crippen molar-refractivity contribution in [2.24, 2.45) is 5.41 Å². The number of likely N-dealkylation sites (N-methyl/N-ethyl adjacent to an activating group) is 1. The highest BCUT2D eigenvalue weighted by atomic mass is 16.5. The molecule has 11 heteroatoms. The number of pyridine rings is 1. The second kappa shape index (κ2) is 11.6. The summed E-state index contributed by atoms with van der Waals surface area (Å²) < 4.78 is 13.9. The molecular weight excluding hydrogens is 544 g/mol. The van der Waals surface area contributed by atoms with Crippen LogP contribution in [0.3, 0.4) is 0 Å². The molecule has 0 aliphatic heterocycles. The minimum absolute atomic E-state index is 0.0552. The SMILES string of the molecule is Cc1cc(Nc2ncnc3cc(OCCN(C)C)c(NC(=O)C#CC4(C)CC4)cc23)ccc1Oc1ccn2ncnc2c1. The Morgan fingerprint density at radius 1 is 1.07 bits per heavy atom. The minimum Gasteiger partial charge on any atom is -0.490 e. The normalized spacial score (nSPS) is 13.4. The van der Waals surface area contributed by atoms with E-state index in [-0.39, 0.29) is 11.3 Å². The lowest BCUT2D eigenvalue weighted by atomic mass is 10.1. The van der Waals surface area contributed by atoms with Gasteiger partial charge in [-0.25, -0.2) is 19.5 Å². The summed E-state index contributed by atoms with van der Waals surface area (Å²) in [6.07, 6.45) is 6.83. The molecule has 6 rings (SSSR count). The highest BCUT2D eigenvalue weighted by Gasteiger charge is 2.35. The molecule has 0 radical (unpaired) electrons. The molecular formula is C32H32N8O3. The molecule has 0 unspecified atom stereocenters. The van der Waals surface area contributed by atoms with Gasteiger partial charge in [0.2, 0.25) is 0 Å². The average Bonchev–Trinajstić information content (AvgIpc) is 3.53. The number of amides is 1. The zero-order valence-corrected chi connectivity index (χ0v) is 24.5. The van der Waals surface area contributed by atoms with E-state index in [1.165, 1.54) is 12.7 Å². The average molecular weight is 577 g/mol. The molecule has 1 aliphatic carbocycles. The van der Waals surface area contributed by atoms with Crippen molar-refractivity contribution in [2.75, 3.05) is 37.9 Å². The largest absolute Gasteiger partial charge is 0.490 e. The summed E-state index contributed by atoms with van der Waals surface area (Å²) >= 11 is 0. The number of hydrogen-bond donors (Lipinski definition) is 2. The van der Waals surface area contributed by atoms with Gasteiger partial charge in [-0.3, -0.25) is 4.79 Å². The van der Waals surface area contributed by atoms with Gasteiger partial charge in [-0.15, -0.1) is 0 Å². The van der Waals surface area contributed by atoms with E-state index in [2.05, 4.69) is 49.4 Å². The Kier molecular flexibility index (Phi) is 7.52. The van der Waals surface area contributed by atoms with Crippen molar-refractivity contribution in [2.45, 2.75) is 26.7 Å². The number of fused-ring (bicyclic) bond motifs is 2. The highest BCUT2D eigenvalue weighted by molar-refractivity contribution is 6.07. The highest BCUT2D eigenvalue weighted by Crippen LogP contribution is 2.44. The number of carbonyl (C=O) groups excluding carboxylic acids is 1. The molecule has 11 nitrogen and oxygen atoms in total. The molecule has 3 heterocycles. The van der Waals surface area contributed by atoms with Crippen molar-refractivity contribution in [3.63, 3.8) is 0 Å². The summed E-state index contributed by atoms with van der Waals surface area (Å²) in [7, 11) is 3.95. The van der Waals surface area contributed by atoms with Crippen molar-refractivity contribution < 1.29 is 14.3 Å². The maximum absolute atomic E-state index is 12.8. The maximum Gasteiger partial charge on any atom is 0.300 e. The smallest absolute Gasteiger partial charge is 0.300 e. The molecule has 2 aromatic carbocycles. The molecule has 0 spiro atoms. The Balaban J connectivity index is 1.26. The number of rotatable bonds is 9. The van der Waals surface area contributed by atoms with Crippen molar-refractivity contribution >= 4 is 39.6 Å². The number of nitrogens with one attached hydrogen (secondary N) is 2. The second-order valence-electron chi connectivity index (χ2n) is 11.1. The first-order valence-electron chi connectivity index (χ1n) is 14.0. The third-order valence-corrected chi connectivity index (χ3v) is 7.18. The van der Waals surface area contributed by atoms with Crippen LogP contribution in [0.4, 0.5) is 17.2 Å². The summed E-state index contributed by atoms with van der Waals surface area (Å²) in [5, 5.41) is 11.2. The lowest BCUT2D eigenvalue weighted by Crippen LogP contribution is -2.20. The summed E-state index contributed by atoms with van der Waals surface area (Å²) in [4.78, 5) is 28.0. The van der Waals surface area contributed by atoms with Gasteiger partial charge in [0.05, 0.1) is 11.2 Å². The molecule has 1 amide bonds. The summed E-state index contributed by atoms with van der Waals surface area (Å²) in [6, 6.07) is 13.1. The van der Waals surface area contributed by atoms with Crippen LogP contribution in [0.25, 0.3) is 16.6 Å². The number of carbonyl (C=O) groups is 1. The van der Waals surface area contributed by atoms with Crippen LogP contribution in [0.5, 0.6) is 17.2 Å². The Morgan fingerprint density at radius 2 is 1.93 bits per heavy atom.